The van der Waals surface area contributed by atoms with Crippen molar-refractivity contribution in [3.05, 3.63) is 58.6 Å². The summed E-state index contributed by atoms with van der Waals surface area (Å²) >= 11 is 6.20. The van der Waals surface area contributed by atoms with E-state index in [1.54, 1.807) is 6.07 Å². The van der Waals surface area contributed by atoms with E-state index in [2.05, 4.69) is 25.8 Å². The van der Waals surface area contributed by atoms with Crippen molar-refractivity contribution in [1.29, 1.82) is 0 Å². The van der Waals surface area contributed by atoms with Crippen LogP contribution < -0.4 is 4.74 Å². The molecule has 0 fully saturated rings. The van der Waals surface area contributed by atoms with Gasteiger partial charge in [-0.2, -0.15) is 0 Å². The molecule has 0 aliphatic carbocycles. The van der Waals surface area contributed by atoms with Crippen LogP contribution in [0.25, 0.3) is 0 Å². The molecule has 2 rings (SSSR count). The van der Waals surface area contributed by atoms with Crippen molar-refractivity contribution in [2.24, 2.45) is 0 Å². The third-order valence-electron chi connectivity index (χ3n) is 3.00. The number of nitrogens with zero attached hydrogens (tertiary/aromatic N) is 1. The molecule has 0 spiro atoms. The number of hydrogen-bond acceptors (Lipinski definition) is 2. The molecule has 2 nitrogen and oxygen atoms in total. The third kappa shape index (κ3) is 3.48. The average molecular weight is 294 g/mol. The van der Waals surface area contributed by atoms with Crippen LogP contribution in [0, 0.1) is 5.82 Å². The van der Waals surface area contributed by atoms with E-state index in [-0.39, 0.29) is 23.5 Å². The molecule has 0 saturated heterocycles. The van der Waals surface area contributed by atoms with Gasteiger partial charge in [0.15, 0.2) is 0 Å². The van der Waals surface area contributed by atoms with E-state index in [0.717, 1.165) is 5.56 Å². The lowest BCUT2D eigenvalue weighted by Crippen LogP contribution is -2.11. The van der Waals surface area contributed by atoms with Gasteiger partial charge in [-0.1, -0.05) is 38.4 Å². The summed E-state index contributed by atoms with van der Waals surface area (Å²) < 4.78 is 19.0. The maximum absolute atomic E-state index is 13.4. The molecule has 0 unspecified atom stereocenters. The Kier molecular flexibility index (Phi) is 4.29. The summed E-state index contributed by atoms with van der Waals surface area (Å²) in [5, 5.41) is 0.522. The molecule has 0 aliphatic rings. The normalized spacial score (nSPS) is 11.4. The topological polar surface area (TPSA) is 22.1 Å². The Morgan fingerprint density at radius 1 is 1.25 bits per heavy atom. The van der Waals surface area contributed by atoms with Crippen molar-refractivity contribution in [2.45, 2.75) is 32.8 Å². The number of aromatic nitrogens is 1. The maximum Gasteiger partial charge on any atom is 0.148 e. The number of ether oxygens (including phenoxy) is 1. The van der Waals surface area contributed by atoms with Crippen molar-refractivity contribution >= 4 is 11.6 Å². The number of hydrogen-bond donors (Lipinski definition) is 0. The van der Waals surface area contributed by atoms with E-state index < -0.39 is 0 Å². The smallest absolute Gasteiger partial charge is 0.148 e. The second-order valence-corrected chi connectivity index (χ2v) is 6.02. The van der Waals surface area contributed by atoms with Crippen LogP contribution in [-0.4, -0.2) is 4.98 Å². The first-order valence-corrected chi connectivity index (χ1v) is 6.78. The minimum absolute atomic E-state index is 0.0231. The molecule has 0 atom stereocenters. The number of halogens is 2. The average Bonchev–Trinajstić information content (AvgIpc) is 2.38. The van der Waals surface area contributed by atoms with Crippen LogP contribution in [-0.2, 0) is 12.0 Å². The SMILES string of the molecule is CC(C)(C)c1ccc(OCc2ncccc2F)c(Cl)c1. The maximum atomic E-state index is 13.4. The number of pyridine rings is 1. The van der Waals surface area contributed by atoms with E-state index in [1.807, 2.05) is 18.2 Å². The third-order valence-corrected chi connectivity index (χ3v) is 3.29. The summed E-state index contributed by atoms with van der Waals surface area (Å²) in [5.41, 5.74) is 1.41. The van der Waals surface area contributed by atoms with Crippen LogP contribution in [0.15, 0.2) is 36.5 Å². The van der Waals surface area contributed by atoms with Gasteiger partial charge in [-0.15, -0.1) is 0 Å². The Bertz CT molecular complexity index is 608. The molecular weight excluding hydrogens is 277 g/mol. The molecule has 2 aromatic rings. The van der Waals surface area contributed by atoms with Gasteiger partial charge in [-0.25, -0.2) is 4.39 Å². The van der Waals surface area contributed by atoms with E-state index in [4.69, 9.17) is 16.3 Å². The molecule has 0 N–H and O–H groups in total. The summed E-state index contributed by atoms with van der Waals surface area (Å²) in [6.07, 6.45) is 1.53. The monoisotopic (exact) mass is 293 g/mol. The molecule has 4 heteroatoms. The van der Waals surface area contributed by atoms with E-state index in [0.29, 0.717) is 10.8 Å². The van der Waals surface area contributed by atoms with Gasteiger partial charge in [0.25, 0.3) is 0 Å². The van der Waals surface area contributed by atoms with Crippen LogP contribution in [0.5, 0.6) is 5.75 Å². The van der Waals surface area contributed by atoms with Gasteiger partial charge >= 0.3 is 0 Å². The summed E-state index contributed by atoms with van der Waals surface area (Å²) in [5.74, 6) is 0.152. The van der Waals surface area contributed by atoms with Crippen LogP contribution >= 0.6 is 11.6 Å². The van der Waals surface area contributed by atoms with Crippen LogP contribution in [0.3, 0.4) is 0 Å². The molecule has 106 valence electrons. The Morgan fingerprint density at radius 2 is 2.00 bits per heavy atom. The first-order valence-electron chi connectivity index (χ1n) is 6.40. The highest BCUT2D eigenvalue weighted by molar-refractivity contribution is 6.32. The highest BCUT2D eigenvalue weighted by Gasteiger charge is 2.15. The van der Waals surface area contributed by atoms with Gasteiger partial charge in [-0.3, -0.25) is 4.98 Å². The minimum Gasteiger partial charge on any atom is -0.486 e. The second kappa shape index (κ2) is 5.80. The predicted molar refractivity (Wildman–Crippen MR) is 78.7 cm³/mol. The van der Waals surface area contributed by atoms with Gasteiger partial charge in [-0.05, 0) is 35.2 Å². The highest BCUT2D eigenvalue weighted by atomic mass is 35.5. The fourth-order valence-corrected chi connectivity index (χ4v) is 1.99. The number of rotatable bonds is 3. The first kappa shape index (κ1) is 14.8. The summed E-state index contributed by atoms with van der Waals surface area (Å²) in [4.78, 5) is 3.94. The molecule has 0 aliphatic heterocycles. The Balaban J connectivity index is 2.13. The van der Waals surface area contributed by atoms with Gasteiger partial charge in [0.05, 0.1) is 5.02 Å². The van der Waals surface area contributed by atoms with Crippen molar-refractivity contribution in [2.75, 3.05) is 0 Å². The second-order valence-electron chi connectivity index (χ2n) is 5.62. The molecule has 0 saturated carbocycles. The summed E-state index contributed by atoms with van der Waals surface area (Å²) in [7, 11) is 0. The Hall–Kier alpha value is -1.61. The van der Waals surface area contributed by atoms with Crippen LogP contribution in [0.4, 0.5) is 4.39 Å². The van der Waals surface area contributed by atoms with E-state index in [9.17, 15) is 4.39 Å². The minimum atomic E-state index is -0.380. The van der Waals surface area contributed by atoms with Crippen LogP contribution in [0.2, 0.25) is 5.02 Å². The largest absolute Gasteiger partial charge is 0.486 e. The van der Waals surface area contributed by atoms with Gasteiger partial charge in [0.2, 0.25) is 0 Å². The fraction of sp³-hybridized carbons (Fsp3) is 0.312. The molecule has 0 radical (unpaired) electrons. The predicted octanol–water partition coefficient (Wildman–Crippen LogP) is 4.75. The number of benzene rings is 1. The van der Waals surface area contributed by atoms with Gasteiger partial charge in [0.1, 0.15) is 23.9 Å². The lowest BCUT2D eigenvalue weighted by atomic mass is 9.87. The molecular formula is C16H17ClFNO. The zero-order valence-corrected chi connectivity index (χ0v) is 12.5. The molecule has 1 aromatic carbocycles. The quantitative estimate of drug-likeness (QED) is 0.814. The van der Waals surface area contributed by atoms with Gasteiger partial charge in [0, 0.05) is 6.20 Å². The van der Waals surface area contributed by atoms with Crippen LogP contribution in [0.1, 0.15) is 32.0 Å². The van der Waals surface area contributed by atoms with Gasteiger partial charge < -0.3 is 4.74 Å². The molecule has 0 bridgehead atoms. The van der Waals surface area contributed by atoms with E-state index in [1.165, 1.54) is 12.3 Å². The first-order chi connectivity index (χ1) is 9.38. The zero-order chi connectivity index (χ0) is 14.8. The standard InChI is InChI=1S/C16H17ClFNO/c1-16(2,3)11-6-7-15(12(17)9-11)20-10-14-13(18)5-4-8-19-14/h4-9H,10H2,1-3H3. The van der Waals surface area contributed by atoms with Crippen molar-refractivity contribution in [3.8, 4) is 5.75 Å². The highest BCUT2D eigenvalue weighted by Crippen LogP contribution is 2.31. The molecule has 20 heavy (non-hydrogen) atoms. The lowest BCUT2D eigenvalue weighted by molar-refractivity contribution is 0.294. The van der Waals surface area contributed by atoms with Crippen molar-refractivity contribution in [1.82, 2.24) is 4.98 Å². The zero-order valence-electron chi connectivity index (χ0n) is 11.8. The van der Waals surface area contributed by atoms with E-state index >= 15 is 0 Å². The summed E-state index contributed by atoms with van der Waals surface area (Å²) in [6, 6.07) is 8.56. The molecule has 1 aromatic heterocycles. The Morgan fingerprint density at radius 3 is 2.60 bits per heavy atom. The molecule has 1 heterocycles. The van der Waals surface area contributed by atoms with Crippen molar-refractivity contribution < 1.29 is 9.13 Å². The Labute approximate surface area is 123 Å². The molecule has 0 amide bonds. The lowest BCUT2D eigenvalue weighted by Gasteiger charge is -2.20. The van der Waals surface area contributed by atoms with Crippen molar-refractivity contribution in [3.63, 3.8) is 0 Å². The fourth-order valence-electron chi connectivity index (χ4n) is 1.76. The summed E-state index contributed by atoms with van der Waals surface area (Å²) in [6.45, 7) is 6.40.